The molecule has 0 aliphatic carbocycles. The van der Waals surface area contributed by atoms with E-state index in [1.54, 1.807) is 0 Å². The van der Waals surface area contributed by atoms with Crippen molar-refractivity contribution in [2.45, 2.75) is 25.6 Å². The lowest BCUT2D eigenvalue weighted by Gasteiger charge is -2.37. The van der Waals surface area contributed by atoms with Crippen molar-refractivity contribution in [1.29, 1.82) is 0 Å². The minimum atomic E-state index is -4.56. The summed E-state index contributed by atoms with van der Waals surface area (Å²) in [6.07, 6.45) is -3.58. The standard InChI is InChI=1S/C17H18ClF3N6/c18-13-3-1-2-12(10-13)11-25-6-8-26(9-7-25)15-5-4-14-22-23-16(17(19,20)21)27(14)24-15/h1-3,10H,4-9,11H2. The fourth-order valence-electron chi connectivity index (χ4n) is 3.42. The third-order valence-corrected chi connectivity index (χ3v) is 5.01. The van der Waals surface area contributed by atoms with Crippen LogP contribution in [0.25, 0.3) is 0 Å². The van der Waals surface area contributed by atoms with E-state index in [1.165, 1.54) is 0 Å². The number of halogens is 4. The molecule has 0 radical (unpaired) electrons. The highest BCUT2D eigenvalue weighted by molar-refractivity contribution is 6.30. The van der Waals surface area contributed by atoms with Gasteiger partial charge in [0.25, 0.3) is 5.82 Å². The summed E-state index contributed by atoms with van der Waals surface area (Å²) in [5.74, 6) is -0.143. The van der Waals surface area contributed by atoms with E-state index in [0.29, 0.717) is 23.7 Å². The molecule has 0 saturated carbocycles. The summed E-state index contributed by atoms with van der Waals surface area (Å²) in [4.78, 5) is 4.36. The molecule has 0 bridgehead atoms. The number of nitrogens with zero attached hydrogens (tertiary/aromatic N) is 6. The van der Waals surface area contributed by atoms with Gasteiger partial charge in [0.2, 0.25) is 0 Å². The van der Waals surface area contributed by atoms with Gasteiger partial charge in [-0.15, -0.1) is 10.2 Å². The SMILES string of the molecule is FC(F)(F)c1nnc2n1N=C(N1CCN(Cc3cccc(Cl)c3)CC1)CC2. The molecule has 0 atom stereocenters. The zero-order valence-corrected chi connectivity index (χ0v) is 15.2. The average Bonchev–Trinajstić information content (AvgIpc) is 3.06. The fraction of sp³-hybridized carbons (Fsp3) is 0.471. The summed E-state index contributed by atoms with van der Waals surface area (Å²) < 4.78 is 40.0. The normalized spacial score (nSPS) is 18.4. The highest BCUT2D eigenvalue weighted by atomic mass is 35.5. The van der Waals surface area contributed by atoms with Crippen LogP contribution in [-0.2, 0) is 19.1 Å². The van der Waals surface area contributed by atoms with E-state index in [1.807, 2.05) is 24.3 Å². The molecular formula is C17H18ClF3N6. The minimum absolute atomic E-state index is 0.255. The van der Waals surface area contributed by atoms with Gasteiger partial charge in [0.1, 0.15) is 5.84 Å². The number of rotatable bonds is 2. The Hall–Kier alpha value is -2.13. The average molecular weight is 399 g/mol. The van der Waals surface area contributed by atoms with Crippen molar-refractivity contribution in [2.24, 2.45) is 5.10 Å². The molecule has 2 aromatic rings. The molecule has 1 fully saturated rings. The van der Waals surface area contributed by atoms with Crippen LogP contribution in [0.1, 0.15) is 23.6 Å². The van der Waals surface area contributed by atoms with Crippen LogP contribution in [-0.4, -0.2) is 56.7 Å². The molecule has 0 N–H and O–H groups in total. The Morgan fingerprint density at radius 1 is 1.04 bits per heavy atom. The maximum Gasteiger partial charge on any atom is 0.453 e. The first-order valence-corrected chi connectivity index (χ1v) is 9.09. The summed E-state index contributed by atoms with van der Waals surface area (Å²) in [5, 5.41) is 11.8. The Labute approximate surface area is 159 Å². The summed E-state index contributed by atoms with van der Waals surface area (Å²) in [6.45, 7) is 3.87. The second-order valence-electron chi connectivity index (χ2n) is 6.66. The van der Waals surface area contributed by atoms with Gasteiger partial charge < -0.3 is 4.90 Å². The van der Waals surface area contributed by atoms with Crippen LogP contribution >= 0.6 is 11.6 Å². The van der Waals surface area contributed by atoms with E-state index >= 15 is 0 Å². The second kappa shape index (κ2) is 7.12. The molecule has 1 aromatic heterocycles. The highest BCUT2D eigenvalue weighted by Gasteiger charge is 2.40. The number of fused-ring (bicyclic) bond motifs is 1. The Bertz CT molecular complexity index is 855. The second-order valence-corrected chi connectivity index (χ2v) is 7.10. The number of hydrogen-bond acceptors (Lipinski definition) is 5. The van der Waals surface area contributed by atoms with Crippen molar-refractivity contribution in [2.75, 3.05) is 26.2 Å². The summed E-state index contributed by atoms with van der Waals surface area (Å²) in [5.41, 5.74) is 1.15. The zero-order valence-electron chi connectivity index (χ0n) is 14.5. The third kappa shape index (κ3) is 3.93. The van der Waals surface area contributed by atoms with Crippen molar-refractivity contribution < 1.29 is 13.2 Å². The third-order valence-electron chi connectivity index (χ3n) is 4.78. The first-order chi connectivity index (χ1) is 12.9. The number of piperazine rings is 1. The highest BCUT2D eigenvalue weighted by Crippen LogP contribution is 2.29. The smallest absolute Gasteiger partial charge is 0.356 e. The molecule has 1 aromatic carbocycles. The van der Waals surface area contributed by atoms with Crippen molar-refractivity contribution >= 4 is 17.4 Å². The Balaban J connectivity index is 1.42. The Morgan fingerprint density at radius 3 is 2.52 bits per heavy atom. The van der Waals surface area contributed by atoms with Crippen molar-refractivity contribution in [3.05, 3.63) is 46.5 Å². The molecule has 1 saturated heterocycles. The molecule has 27 heavy (non-hydrogen) atoms. The lowest BCUT2D eigenvalue weighted by Crippen LogP contribution is -2.49. The first-order valence-electron chi connectivity index (χ1n) is 8.71. The Kier molecular flexibility index (Phi) is 4.81. The topological polar surface area (TPSA) is 49.6 Å². The van der Waals surface area contributed by atoms with E-state index < -0.39 is 12.0 Å². The molecule has 3 heterocycles. The minimum Gasteiger partial charge on any atom is -0.356 e. The molecule has 0 spiro atoms. The quantitative estimate of drug-likeness (QED) is 0.780. The number of amidine groups is 1. The number of hydrogen-bond donors (Lipinski definition) is 0. The van der Waals surface area contributed by atoms with Gasteiger partial charge >= 0.3 is 6.18 Å². The van der Waals surface area contributed by atoms with Crippen LogP contribution in [0.15, 0.2) is 29.4 Å². The number of alkyl halides is 3. The molecule has 0 amide bonds. The van der Waals surface area contributed by atoms with Gasteiger partial charge in [-0.25, -0.2) is 0 Å². The van der Waals surface area contributed by atoms with E-state index in [9.17, 15) is 13.2 Å². The van der Waals surface area contributed by atoms with E-state index in [-0.39, 0.29) is 5.82 Å². The monoisotopic (exact) mass is 398 g/mol. The van der Waals surface area contributed by atoms with Gasteiger partial charge in [-0.2, -0.15) is 22.9 Å². The number of aromatic nitrogens is 3. The van der Waals surface area contributed by atoms with E-state index in [2.05, 4.69) is 25.1 Å². The van der Waals surface area contributed by atoms with Gasteiger partial charge in [-0.1, -0.05) is 23.7 Å². The summed E-state index contributed by atoms with van der Waals surface area (Å²) in [7, 11) is 0. The maximum absolute atomic E-state index is 13.0. The van der Waals surface area contributed by atoms with Gasteiger partial charge in [0.15, 0.2) is 5.82 Å². The fourth-order valence-corrected chi connectivity index (χ4v) is 3.63. The van der Waals surface area contributed by atoms with Gasteiger partial charge in [0, 0.05) is 50.6 Å². The van der Waals surface area contributed by atoms with Crippen LogP contribution < -0.4 is 0 Å². The maximum atomic E-state index is 13.0. The zero-order chi connectivity index (χ0) is 19.0. The van der Waals surface area contributed by atoms with Gasteiger partial charge in [-0.05, 0) is 17.7 Å². The summed E-state index contributed by atoms with van der Waals surface area (Å²) >= 11 is 6.03. The number of aryl methyl sites for hydroxylation is 1. The van der Waals surface area contributed by atoms with Gasteiger partial charge in [0.05, 0.1) is 0 Å². The van der Waals surface area contributed by atoms with E-state index in [4.69, 9.17) is 11.6 Å². The van der Waals surface area contributed by atoms with Crippen LogP contribution in [0, 0.1) is 0 Å². The largest absolute Gasteiger partial charge is 0.453 e. The predicted octanol–water partition coefficient (Wildman–Crippen LogP) is 2.88. The first kappa shape index (κ1) is 18.2. The van der Waals surface area contributed by atoms with Crippen LogP contribution in [0.5, 0.6) is 0 Å². The molecule has 0 unspecified atom stereocenters. The van der Waals surface area contributed by atoms with Crippen LogP contribution in [0.3, 0.4) is 0 Å². The molecular weight excluding hydrogens is 381 g/mol. The molecule has 2 aliphatic rings. The van der Waals surface area contributed by atoms with Crippen molar-refractivity contribution in [3.63, 3.8) is 0 Å². The Morgan fingerprint density at radius 2 is 1.81 bits per heavy atom. The molecule has 4 rings (SSSR count). The predicted molar refractivity (Wildman–Crippen MR) is 94.5 cm³/mol. The van der Waals surface area contributed by atoms with Crippen LogP contribution in [0.2, 0.25) is 5.02 Å². The molecule has 144 valence electrons. The van der Waals surface area contributed by atoms with E-state index in [0.717, 1.165) is 43.0 Å². The lowest BCUT2D eigenvalue weighted by atomic mass is 10.2. The summed E-state index contributed by atoms with van der Waals surface area (Å²) in [6, 6.07) is 7.76. The lowest BCUT2D eigenvalue weighted by molar-refractivity contribution is -0.147. The van der Waals surface area contributed by atoms with Crippen molar-refractivity contribution in [3.8, 4) is 0 Å². The van der Waals surface area contributed by atoms with Gasteiger partial charge in [-0.3, -0.25) is 4.90 Å². The molecule has 2 aliphatic heterocycles. The molecule has 10 heteroatoms. The number of benzene rings is 1. The molecule has 6 nitrogen and oxygen atoms in total. The van der Waals surface area contributed by atoms with Crippen LogP contribution in [0.4, 0.5) is 13.2 Å². The van der Waals surface area contributed by atoms with Crippen molar-refractivity contribution in [1.82, 2.24) is 24.7 Å².